The molecule has 2 aromatic carbocycles. The Hall–Kier alpha value is -2.88. The summed E-state index contributed by atoms with van der Waals surface area (Å²) in [7, 11) is 0. The average molecular weight is 293 g/mol. The van der Waals surface area contributed by atoms with Gasteiger partial charge in [0.2, 0.25) is 0 Å². The molecule has 3 rings (SSSR count). The maximum Gasteiger partial charge on any atom is 0.329 e. The summed E-state index contributed by atoms with van der Waals surface area (Å²) in [6.07, 6.45) is 1.71. The van der Waals surface area contributed by atoms with Gasteiger partial charge in [-0.25, -0.2) is 4.79 Å². The summed E-state index contributed by atoms with van der Waals surface area (Å²) in [5.74, 6) is -1.36. The SMILES string of the molecule is O=C(O)C=C1C(=O)N(CCc2ccccc2)c2ccccc21. The van der Waals surface area contributed by atoms with E-state index in [1.54, 1.807) is 11.0 Å². The molecule has 4 nitrogen and oxygen atoms in total. The molecule has 0 saturated heterocycles. The molecule has 0 saturated carbocycles. The molecule has 0 radical (unpaired) electrons. The summed E-state index contributed by atoms with van der Waals surface area (Å²) >= 11 is 0. The Kier molecular flexibility index (Phi) is 3.74. The van der Waals surface area contributed by atoms with Gasteiger partial charge in [-0.1, -0.05) is 48.5 Å². The van der Waals surface area contributed by atoms with Crippen molar-refractivity contribution in [2.45, 2.75) is 6.42 Å². The molecule has 0 atom stereocenters. The number of amides is 1. The third kappa shape index (κ3) is 2.63. The minimum atomic E-state index is -1.11. The van der Waals surface area contributed by atoms with E-state index in [1.807, 2.05) is 48.5 Å². The van der Waals surface area contributed by atoms with Crippen LogP contribution in [0, 0.1) is 0 Å². The van der Waals surface area contributed by atoms with E-state index in [1.165, 1.54) is 0 Å². The van der Waals surface area contributed by atoms with Crippen molar-refractivity contribution in [1.82, 2.24) is 0 Å². The van der Waals surface area contributed by atoms with Crippen LogP contribution in [0.15, 0.2) is 60.7 Å². The number of hydrogen-bond acceptors (Lipinski definition) is 2. The maximum absolute atomic E-state index is 12.5. The monoisotopic (exact) mass is 293 g/mol. The smallest absolute Gasteiger partial charge is 0.329 e. The van der Waals surface area contributed by atoms with Crippen LogP contribution in [0.3, 0.4) is 0 Å². The zero-order chi connectivity index (χ0) is 15.5. The zero-order valence-corrected chi connectivity index (χ0v) is 11.9. The standard InChI is InChI=1S/C18H15NO3/c20-17(21)12-15-14-8-4-5-9-16(14)19(18(15)22)11-10-13-6-2-1-3-7-13/h1-9,12H,10-11H2,(H,20,21). The fraction of sp³-hybridized carbons (Fsp3) is 0.111. The maximum atomic E-state index is 12.5. The number of anilines is 1. The number of aliphatic carboxylic acids is 1. The second-order valence-electron chi connectivity index (χ2n) is 5.11. The number of carbonyl (C=O) groups is 2. The van der Waals surface area contributed by atoms with Gasteiger partial charge < -0.3 is 10.0 Å². The Morgan fingerprint density at radius 2 is 1.73 bits per heavy atom. The van der Waals surface area contributed by atoms with E-state index in [-0.39, 0.29) is 11.5 Å². The van der Waals surface area contributed by atoms with Gasteiger partial charge in [0, 0.05) is 18.2 Å². The van der Waals surface area contributed by atoms with Crippen molar-refractivity contribution in [1.29, 1.82) is 0 Å². The topological polar surface area (TPSA) is 57.6 Å². The normalized spacial score (nSPS) is 15.2. The number of carboxylic acids is 1. The lowest BCUT2D eigenvalue weighted by Crippen LogP contribution is -2.28. The lowest BCUT2D eigenvalue weighted by atomic mass is 10.1. The summed E-state index contributed by atoms with van der Waals surface area (Å²) in [5, 5.41) is 8.96. The highest BCUT2D eigenvalue weighted by Gasteiger charge is 2.32. The van der Waals surface area contributed by atoms with Crippen LogP contribution in [0.2, 0.25) is 0 Å². The first-order valence-corrected chi connectivity index (χ1v) is 7.06. The molecule has 1 aliphatic rings. The fourth-order valence-electron chi connectivity index (χ4n) is 2.68. The minimum Gasteiger partial charge on any atom is -0.478 e. The molecule has 2 aromatic rings. The Morgan fingerprint density at radius 3 is 2.45 bits per heavy atom. The predicted octanol–water partition coefficient (Wildman–Crippen LogP) is 2.74. The van der Waals surface area contributed by atoms with Crippen molar-refractivity contribution >= 4 is 23.1 Å². The van der Waals surface area contributed by atoms with E-state index in [9.17, 15) is 9.59 Å². The number of benzene rings is 2. The molecule has 1 N–H and O–H groups in total. The van der Waals surface area contributed by atoms with Crippen LogP contribution in [0.5, 0.6) is 0 Å². The molecule has 0 aromatic heterocycles. The molecule has 4 heteroatoms. The van der Waals surface area contributed by atoms with E-state index >= 15 is 0 Å². The van der Waals surface area contributed by atoms with Crippen molar-refractivity contribution in [3.05, 3.63) is 71.8 Å². The number of rotatable bonds is 4. The van der Waals surface area contributed by atoms with Gasteiger partial charge in [-0.2, -0.15) is 0 Å². The number of para-hydroxylation sites is 1. The number of nitrogens with zero attached hydrogens (tertiary/aromatic N) is 1. The van der Waals surface area contributed by atoms with E-state index in [0.29, 0.717) is 12.1 Å². The summed E-state index contributed by atoms with van der Waals surface area (Å²) in [4.78, 5) is 25.1. The summed E-state index contributed by atoms with van der Waals surface area (Å²) in [6.45, 7) is 0.525. The first-order valence-electron chi connectivity index (χ1n) is 7.06. The van der Waals surface area contributed by atoms with Gasteiger partial charge in [-0.3, -0.25) is 4.79 Å². The van der Waals surface area contributed by atoms with E-state index in [0.717, 1.165) is 23.7 Å². The first kappa shape index (κ1) is 14.1. The highest BCUT2D eigenvalue weighted by Crippen LogP contribution is 2.36. The lowest BCUT2D eigenvalue weighted by Gasteiger charge is -2.17. The molecule has 0 aliphatic carbocycles. The lowest BCUT2D eigenvalue weighted by molar-refractivity contribution is -0.131. The van der Waals surface area contributed by atoms with Crippen molar-refractivity contribution in [3.8, 4) is 0 Å². The number of carboxylic acid groups (broad SMARTS) is 1. The molecule has 1 heterocycles. The van der Waals surface area contributed by atoms with Crippen molar-refractivity contribution in [3.63, 3.8) is 0 Å². The van der Waals surface area contributed by atoms with Gasteiger partial charge in [-0.15, -0.1) is 0 Å². The summed E-state index contributed by atoms with van der Waals surface area (Å²) in [5.41, 5.74) is 2.85. The second-order valence-corrected chi connectivity index (χ2v) is 5.11. The van der Waals surface area contributed by atoms with Crippen LogP contribution >= 0.6 is 0 Å². The van der Waals surface area contributed by atoms with Gasteiger partial charge >= 0.3 is 5.97 Å². The quantitative estimate of drug-likeness (QED) is 0.882. The van der Waals surface area contributed by atoms with Crippen LogP contribution < -0.4 is 4.90 Å². The minimum absolute atomic E-state index is 0.246. The van der Waals surface area contributed by atoms with Gasteiger partial charge in [0.15, 0.2) is 0 Å². The van der Waals surface area contributed by atoms with Gasteiger partial charge in [0.25, 0.3) is 5.91 Å². The Balaban J connectivity index is 1.89. The molecule has 22 heavy (non-hydrogen) atoms. The molecule has 0 spiro atoms. The molecular weight excluding hydrogens is 278 g/mol. The largest absolute Gasteiger partial charge is 0.478 e. The second kappa shape index (κ2) is 5.85. The number of fused-ring (bicyclic) bond motifs is 1. The highest BCUT2D eigenvalue weighted by molar-refractivity contribution is 6.34. The van der Waals surface area contributed by atoms with Gasteiger partial charge in [0.1, 0.15) is 0 Å². The Bertz CT molecular complexity index is 750. The van der Waals surface area contributed by atoms with Crippen LogP contribution in [-0.4, -0.2) is 23.5 Å². The molecule has 1 amide bonds. The van der Waals surface area contributed by atoms with Gasteiger partial charge in [-0.05, 0) is 18.1 Å². The van der Waals surface area contributed by atoms with E-state index in [2.05, 4.69) is 0 Å². The van der Waals surface area contributed by atoms with Crippen LogP contribution in [0.4, 0.5) is 5.69 Å². The van der Waals surface area contributed by atoms with Crippen molar-refractivity contribution in [2.24, 2.45) is 0 Å². The molecule has 0 bridgehead atoms. The molecule has 0 unspecified atom stereocenters. The number of hydrogen-bond donors (Lipinski definition) is 1. The predicted molar refractivity (Wildman–Crippen MR) is 84.6 cm³/mol. The Morgan fingerprint density at radius 1 is 1.05 bits per heavy atom. The van der Waals surface area contributed by atoms with E-state index < -0.39 is 5.97 Å². The Labute approximate surface area is 128 Å². The fourth-order valence-corrected chi connectivity index (χ4v) is 2.68. The molecular formula is C18H15NO3. The highest BCUT2D eigenvalue weighted by atomic mass is 16.4. The summed E-state index contributed by atoms with van der Waals surface area (Å²) < 4.78 is 0. The van der Waals surface area contributed by atoms with Gasteiger partial charge in [0.05, 0.1) is 11.3 Å². The third-order valence-electron chi connectivity index (χ3n) is 3.70. The van der Waals surface area contributed by atoms with E-state index in [4.69, 9.17) is 5.11 Å². The molecule has 110 valence electrons. The van der Waals surface area contributed by atoms with Crippen LogP contribution in [0.1, 0.15) is 11.1 Å². The van der Waals surface area contributed by atoms with Crippen molar-refractivity contribution in [2.75, 3.05) is 11.4 Å². The molecule has 1 aliphatic heterocycles. The average Bonchev–Trinajstić information content (AvgIpc) is 2.78. The molecule has 0 fully saturated rings. The van der Waals surface area contributed by atoms with Crippen LogP contribution in [0.25, 0.3) is 5.57 Å². The summed E-state index contributed by atoms with van der Waals surface area (Å²) in [6, 6.07) is 17.2. The third-order valence-corrected chi connectivity index (χ3v) is 3.70. The zero-order valence-electron chi connectivity index (χ0n) is 11.9. The number of carbonyl (C=O) groups excluding carboxylic acids is 1. The first-order chi connectivity index (χ1) is 10.7. The van der Waals surface area contributed by atoms with Crippen molar-refractivity contribution < 1.29 is 14.7 Å². The van der Waals surface area contributed by atoms with Crippen LogP contribution in [-0.2, 0) is 16.0 Å².